The first-order valence-corrected chi connectivity index (χ1v) is 6.32. The lowest BCUT2D eigenvalue weighted by molar-refractivity contribution is -0.145. The molecule has 0 aromatic rings. The fourth-order valence-corrected chi connectivity index (χ4v) is 2.66. The van der Waals surface area contributed by atoms with Crippen LogP contribution in [0.15, 0.2) is 0 Å². The van der Waals surface area contributed by atoms with Crippen LogP contribution in [0.5, 0.6) is 0 Å². The molecule has 1 fully saturated rings. The molecule has 94 valence electrons. The average Bonchev–Trinajstić information content (AvgIpc) is 2.27. The van der Waals surface area contributed by atoms with Crippen LogP contribution < -0.4 is 0 Å². The van der Waals surface area contributed by atoms with E-state index >= 15 is 0 Å². The topological polar surface area (TPSA) is 29.5 Å². The lowest BCUT2D eigenvalue weighted by Crippen LogP contribution is -2.39. The highest BCUT2D eigenvalue weighted by Gasteiger charge is 2.25. The smallest absolute Gasteiger partial charge is 0.309 e. The molecule has 1 rings (SSSR count). The van der Waals surface area contributed by atoms with Gasteiger partial charge >= 0.3 is 5.97 Å². The number of esters is 1. The lowest BCUT2D eigenvalue weighted by Gasteiger charge is -2.35. The molecular formula is C13H25NO2. The van der Waals surface area contributed by atoms with E-state index in [9.17, 15) is 4.79 Å². The largest absolute Gasteiger partial charge is 0.469 e. The van der Waals surface area contributed by atoms with Crippen molar-refractivity contribution in [3.05, 3.63) is 0 Å². The summed E-state index contributed by atoms with van der Waals surface area (Å²) in [6.45, 7) is 5.07. The fraction of sp³-hybridized carbons (Fsp3) is 0.923. The second-order valence-electron chi connectivity index (χ2n) is 5.29. The Hall–Kier alpha value is -0.570. The van der Waals surface area contributed by atoms with Gasteiger partial charge in [0.2, 0.25) is 0 Å². The molecule has 0 amide bonds. The number of nitrogens with zero attached hydrogens (tertiary/aromatic N) is 1. The summed E-state index contributed by atoms with van der Waals surface area (Å²) in [4.78, 5) is 13.7. The van der Waals surface area contributed by atoms with Crippen LogP contribution in [0.25, 0.3) is 0 Å². The van der Waals surface area contributed by atoms with Crippen LogP contribution in [0.4, 0.5) is 0 Å². The standard InChI is InChI=1S/C13H25NO2/c1-10-6-5-7-12(8-10)14(3)9-11(2)13(15)16-4/h10-12H,5-9H2,1-4H3. The number of rotatable bonds is 4. The van der Waals surface area contributed by atoms with Crippen molar-refractivity contribution in [3.8, 4) is 0 Å². The Kier molecular flexibility index (Phi) is 5.26. The fourth-order valence-electron chi connectivity index (χ4n) is 2.66. The van der Waals surface area contributed by atoms with E-state index in [1.807, 2.05) is 6.92 Å². The lowest BCUT2D eigenvalue weighted by atomic mass is 9.86. The third kappa shape index (κ3) is 3.78. The van der Waals surface area contributed by atoms with Crippen LogP contribution in [0.2, 0.25) is 0 Å². The second kappa shape index (κ2) is 6.24. The minimum absolute atomic E-state index is 0.0211. The van der Waals surface area contributed by atoms with Gasteiger partial charge < -0.3 is 9.64 Å². The van der Waals surface area contributed by atoms with Gasteiger partial charge in [-0.05, 0) is 25.8 Å². The minimum atomic E-state index is -0.101. The summed E-state index contributed by atoms with van der Waals surface area (Å²) in [5, 5.41) is 0. The van der Waals surface area contributed by atoms with Crippen molar-refractivity contribution >= 4 is 5.97 Å². The number of hydrogen-bond acceptors (Lipinski definition) is 3. The molecule has 3 nitrogen and oxygen atoms in total. The van der Waals surface area contributed by atoms with Crippen LogP contribution in [0.1, 0.15) is 39.5 Å². The van der Waals surface area contributed by atoms with Crippen molar-refractivity contribution in [2.45, 2.75) is 45.6 Å². The van der Waals surface area contributed by atoms with E-state index in [1.54, 1.807) is 0 Å². The summed E-state index contributed by atoms with van der Waals surface area (Å²) in [6.07, 6.45) is 5.22. The summed E-state index contributed by atoms with van der Waals surface area (Å²) in [5.74, 6) is 0.706. The predicted octanol–water partition coefficient (Wildman–Crippen LogP) is 2.31. The van der Waals surface area contributed by atoms with Crippen LogP contribution in [0.3, 0.4) is 0 Å². The van der Waals surface area contributed by atoms with E-state index in [1.165, 1.54) is 32.8 Å². The Balaban J connectivity index is 2.38. The first kappa shape index (κ1) is 13.5. The van der Waals surface area contributed by atoms with Crippen LogP contribution >= 0.6 is 0 Å². The maximum absolute atomic E-state index is 11.3. The Morgan fingerprint density at radius 2 is 2.19 bits per heavy atom. The highest BCUT2D eigenvalue weighted by molar-refractivity contribution is 5.72. The molecule has 3 atom stereocenters. The zero-order chi connectivity index (χ0) is 12.1. The van der Waals surface area contributed by atoms with Crippen LogP contribution in [0, 0.1) is 11.8 Å². The Morgan fingerprint density at radius 1 is 1.50 bits per heavy atom. The van der Waals surface area contributed by atoms with Gasteiger partial charge in [-0.15, -0.1) is 0 Å². The van der Waals surface area contributed by atoms with Gasteiger partial charge in [0.15, 0.2) is 0 Å². The molecule has 1 saturated carbocycles. The van der Waals surface area contributed by atoms with Gasteiger partial charge in [-0.1, -0.05) is 26.7 Å². The van der Waals surface area contributed by atoms with E-state index in [2.05, 4.69) is 18.9 Å². The first-order valence-electron chi connectivity index (χ1n) is 6.32. The maximum atomic E-state index is 11.3. The monoisotopic (exact) mass is 227 g/mol. The van der Waals surface area contributed by atoms with Gasteiger partial charge in [-0.3, -0.25) is 4.79 Å². The van der Waals surface area contributed by atoms with E-state index in [0.29, 0.717) is 6.04 Å². The Bertz CT molecular complexity index is 230. The summed E-state index contributed by atoms with van der Waals surface area (Å²) < 4.78 is 4.76. The molecule has 0 N–H and O–H groups in total. The zero-order valence-electron chi connectivity index (χ0n) is 11.0. The van der Waals surface area contributed by atoms with Gasteiger partial charge in [-0.2, -0.15) is 0 Å². The molecule has 0 radical (unpaired) electrons. The number of methoxy groups -OCH3 is 1. The van der Waals surface area contributed by atoms with Crippen LogP contribution in [-0.4, -0.2) is 37.6 Å². The SMILES string of the molecule is COC(=O)C(C)CN(C)C1CCCC(C)C1. The maximum Gasteiger partial charge on any atom is 0.309 e. The molecule has 0 heterocycles. The summed E-state index contributed by atoms with van der Waals surface area (Å²) >= 11 is 0. The normalized spacial score (nSPS) is 27.8. The second-order valence-corrected chi connectivity index (χ2v) is 5.29. The molecule has 1 aliphatic carbocycles. The highest BCUT2D eigenvalue weighted by Crippen LogP contribution is 2.27. The van der Waals surface area contributed by atoms with Crippen molar-refractivity contribution < 1.29 is 9.53 Å². The molecule has 0 aromatic heterocycles. The van der Waals surface area contributed by atoms with Gasteiger partial charge in [0.25, 0.3) is 0 Å². The van der Waals surface area contributed by atoms with Gasteiger partial charge in [-0.25, -0.2) is 0 Å². The average molecular weight is 227 g/mol. The van der Waals surface area contributed by atoms with Crippen molar-refractivity contribution in [1.82, 2.24) is 4.90 Å². The third-order valence-corrected chi connectivity index (χ3v) is 3.70. The van der Waals surface area contributed by atoms with Gasteiger partial charge in [0.1, 0.15) is 0 Å². The quantitative estimate of drug-likeness (QED) is 0.690. The van der Waals surface area contributed by atoms with E-state index in [0.717, 1.165) is 12.5 Å². The Morgan fingerprint density at radius 3 is 2.75 bits per heavy atom. The van der Waals surface area contributed by atoms with Crippen molar-refractivity contribution in [1.29, 1.82) is 0 Å². The third-order valence-electron chi connectivity index (χ3n) is 3.70. The summed E-state index contributed by atoms with van der Waals surface area (Å²) in [6, 6.07) is 0.649. The first-order chi connectivity index (χ1) is 7.54. The van der Waals surface area contributed by atoms with Gasteiger partial charge in [0.05, 0.1) is 13.0 Å². The molecule has 3 unspecified atom stereocenters. The molecule has 0 bridgehead atoms. The molecule has 0 spiro atoms. The zero-order valence-corrected chi connectivity index (χ0v) is 11.0. The molecule has 3 heteroatoms. The molecular weight excluding hydrogens is 202 g/mol. The van der Waals surface area contributed by atoms with Crippen molar-refractivity contribution in [3.63, 3.8) is 0 Å². The summed E-state index contributed by atoms with van der Waals surface area (Å²) in [5.41, 5.74) is 0. The highest BCUT2D eigenvalue weighted by atomic mass is 16.5. The van der Waals surface area contributed by atoms with Crippen LogP contribution in [-0.2, 0) is 9.53 Å². The van der Waals surface area contributed by atoms with E-state index in [4.69, 9.17) is 4.74 Å². The van der Waals surface area contributed by atoms with E-state index in [-0.39, 0.29) is 11.9 Å². The molecule has 16 heavy (non-hydrogen) atoms. The molecule has 1 aliphatic rings. The predicted molar refractivity (Wildman–Crippen MR) is 65.2 cm³/mol. The van der Waals surface area contributed by atoms with Crippen molar-refractivity contribution in [2.75, 3.05) is 20.7 Å². The number of ether oxygens (including phenoxy) is 1. The molecule has 0 saturated heterocycles. The van der Waals surface area contributed by atoms with Gasteiger partial charge in [0, 0.05) is 12.6 Å². The Labute approximate surface area is 99.1 Å². The number of carbonyl (C=O) groups excluding carboxylic acids is 1. The number of hydrogen-bond donors (Lipinski definition) is 0. The molecule has 0 aromatic carbocycles. The van der Waals surface area contributed by atoms with E-state index < -0.39 is 0 Å². The molecule has 0 aliphatic heterocycles. The minimum Gasteiger partial charge on any atom is -0.469 e. The number of carbonyl (C=O) groups is 1. The summed E-state index contributed by atoms with van der Waals surface area (Å²) in [7, 11) is 3.59. The van der Waals surface area contributed by atoms with Crippen molar-refractivity contribution in [2.24, 2.45) is 11.8 Å².